The van der Waals surface area contributed by atoms with E-state index in [1.165, 1.54) is 56.9 Å². The third-order valence-electron chi connectivity index (χ3n) is 12.4. The average molecular weight is 619 g/mol. The van der Waals surface area contributed by atoms with Crippen molar-refractivity contribution in [3.8, 4) is 0 Å². The summed E-state index contributed by atoms with van der Waals surface area (Å²) in [6.45, 7) is 13.4. The number of nitrogens with zero attached hydrogens (tertiary/aromatic N) is 1. The molecule has 0 aliphatic heterocycles. The number of carbonyl (C=O) groups excluding carboxylic acids is 2. The summed E-state index contributed by atoms with van der Waals surface area (Å²) < 4.78 is 11.0. The molecule has 0 bridgehead atoms. The molecule has 3 N–H and O–H groups in total. The van der Waals surface area contributed by atoms with Crippen molar-refractivity contribution in [1.82, 2.24) is 10.2 Å². The van der Waals surface area contributed by atoms with Crippen molar-refractivity contribution in [2.24, 2.45) is 46.3 Å². The largest absolute Gasteiger partial charge is 0.463 e. The van der Waals surface area contributed by atoms with Crippen LogP contribution in [-0.4, -0.2) is 79.3 Å². The van der Waals surface area contributed by atoms with Gasteiger partial charge in [-0.3, -0.25) is 9.69 Å². The summed E-state index contributed by atoms with van der Waals surface area (Å²) in [5, 5.41) is 20.7. The Morgan fingerprint density at radius 3 is 2.45 bits per heavy atom. The summed E-state index contributed by atoms with van der Waals surface area (Å²) in [5.41, 5.74) is 2.17. The highest BCUT2D eigenvalue weighted by atomic mass is 16.6. The zero-order valence-corrected chi connectivity index (χ0v) is 28.3. The van der Waals surface area contributed by atoms with E-state index in [-0.39, 0.29) is 37.9 Å². The van der Waals surface area contributed by atoms with E-state index in [2.05, 4.69) is 46.0 Å². The van der Waals surface area contributed by atoms with E-state index in [4.69, 9.17) is 19.7 Å². The number of aliphatic hydroxyl groups is 2. The van der Waals surface area contributed by atoms with Gasteiger partial charge in [-0.05, 0) is 91.3 Å². The fourth-order valence-electron chi connectivity index (χ4n) is 10.0. The van der Waals surface area contributed by atoms with Crippen LogP contribution in [0.2, 0.25) is 0 Å². The van der Waals surface area contributed by atoms with Crippen LogP contribution in [-0.2, 0) is 14.3 Å². The summed E-state index contributed by atoms with van der Waals surface area (Å²) in [7, 11) is 0. The van der Waals surface area contributed by atoms with Gasteiger partial charge in [-0.2, -0.15) is 0 Å². The molecular formula is C36H62N2O6. The number of rotatable bonds is 15. The minimum absolute atomic E-state index is 0.0295. The summed E-state index contributed by atoms with van der Waals surface area (Å²) in [5.74, 6) is 4.30. The number of carbonyl (C=O) groups is 2. The number of amides is 1. The number of esters is 1. The Kier molecular flexibility index (Phi) is 12.6. The summed E-state index contributed by atoms with van der Waals surface area (Å²) >= 11 is 0. The van der Waals surface area contributed by atoms with Crippen molar-refractivity contribution in [3.05, 3.63) is 11.6 Å². The molecular weight excluding hydrogens is 556 g/mol. The standard InChI is InChI=1S/C36H62N2O6/c1-25(2)7-6-8-26(3)30-11-12-31-29-10-9-27-23-28(13-15-35(27,4)32(29)14-16-36(30,31)5)44-34(42)37-24-33(41)43-22-19-38(17-20-39)18-21-40/h9,25-26,28-32,39-40H,6-8,10-24H2,1-5H3,(H,37,42)/t26-,28?,29+,30-,31+,32+,35+,36-/m1/s1. The van der Waals surface area contributed by atoms with Gasteiger partial charge in [0.15, 0.2) is 0 Å². The van der Waals surface area contributed by atoms with Gasteiger partial charge in [0.2, 0.25) is 0 Å². The lowest BCUT2D eigenvalue weighted by Gasteiger charge is -2.58. The van der Waals surface area contributed by atoms with Gasteiger partial charge < -0.3 is 25.0 Å². The number of alkyl carbamates (subject to hydrolysis) is 1. The van der Waals surface area contributed by atoms with Crippen LogP contribution >= 0.6 is 0 Å². The average Bonchev–Trinajstić information content (AvgIpc) is 3.33. The topological polar surface area (TPSA) is 108 Å². The van der Waals surface area contributed by atoms with E-state index >= 15 is 0 Å². The molecule has 1 amide bonds. The first kappa shape index (κ1) is 35.2. The summed E-state index contributed by atoms with van der Waals surface area (Å²) in [6, 6.07) is 0. The summed E-state index contributed by atoms with van der Waals surface area (Å²) in [4.78, 5) is 26.5. The highest BCUT2D eigenvalue weighted by Gasteiger charge is 2.59. The molecule has 4 aliphatic rings. The highest BCUT2D eigenvalue weighted by Crippen LogP contribution is 2.67. The Hall–Kier alpha value is -1.64. The Morgan fingerprint density at radius 2 is 1.75 bits per heavy atom. The van der Waals surface area contributed by atoms with Crippen molar-refractivity contribution in [2.45, 2.75) is 111 Å². The number of fused-ring (bicyclic) bond motifs is 5. The molecule has 0 aromatic carbocycles. The van der Waals surface area contributed by atoms with E-state index < -0.39 is 12.1 Å². The quantitative estimate of drug-likeness (QED) is 0.154. The van der Waals surface area contributed by atoms with Crippen molar-refractivity contribution in [1.29, 1.82) is 0 Å². The van der Waals surface area contributed by atoms with Crippen LogP contribution in [0.15, 0.2) is 11.6 Å². The molecule has 3 saturated carbocycles. The first-order valence-corrected chi connectivity index (χ1v) is 17.8. The molecule has 8 atom stereocenters. The number of aliphatic hydroxyl groups excluding tert-OH is 2. The molecule has 4 aliphatic carbocycles. The smallest absolute Gasteiger partial charge is 0.407 e. The predicted molar refractivity (Wildman–Crippen MR) is 173 cm³/mol. The van der Waals surface area contributed by atoms with Crippen molar-refractivity contribution < 1.29 is 29.3 Å². The monoisotopic (exact) mass is 618 g/mol. The van der Waals surface area contributed by atoms with Crippen LogP contribution in [0.25, 0.3) is 0 Å². The predicted octanol–water partition coefficient (Wildman–Crippen LogP) is 5.95. The highest BCUT2D eigenvalue weighted by molar-refractivity contribution is 5.77. The van der Waals surface area contributed by atoms with E-state index in [1.54, 1.807) is 4.90 Å². The van der Waals surface area contributed by atoms with Crippen molar-refractivity contribution >= 4 is 12.1 Å². The normalized spacial score (nSPS) is 33.7. The minimum Gasteiger partial charge on any atom is -0.463 e. The maximum absolute atomic E-state index is 12.6. The SMILES string of the molecule is CC(C)CCC[C@@H](C)[C@H]1CC[C@H]2[C@@H]3CC=C4CC(OC(=O)NCC(=O)OCCN(CCO)CCO)CC[C@]4(C)[C@H]3CC[C@]12C. The second-order valence-corrected chi connectivity index (χ2v) is 15.4. The molecule has 0 aromatic rings. The Bertz CT molecular complexity index is 980. The molecule has 8 heteroatoms. The summed E-state index contributed by atoms with van der Waals surface area (Å²) in [6.07, 6.45) is 15.3. The fourth-order valence-corrected chi connectivity index (χ4v) is 10.0. The van der Waals surface area contributed by atoms with Crippen LogP contribution in [0, 0.1) is 46.3 Å². The lowest BCUT2D eigenvalue weighted by Crippen LogP contribution is -2.51. The first-order chi connectivity index (χ1) is 21.0. The van der Waals surface area contributed by atoms with Crippen LogP contribution < -0.4 is 5.32 Å². The molecule has 44 heavy (non-hydrogen) atoms. The molecule has 4 rings (SSSR count). The number of ether oxygens (including phenoxy) is 2. The molecule has 0 radical (unpaired) electrons. The second kappa shape index (κ2) is 15.8. The van der Waals surface area contributed by atoms with E-state index in [0.29, 0.717) is 25.0 Å². The van der Waals surface area contributed by atoms with Gasteiger partial charge in [0.05, 0.1) is 13.2 Å². The minimum atomic E-state index is -0.569. The van der Waals surface area contributed by atoms with Gasteiger partial charge >= 0.3 is 12.1 Å². The van der Waals surface area contributed by atoms with Crippen LogP contribution in [0.1, 0.15) is 105 Å². The molecule has 3 fully saturated rings. The van der Waals surface area contributed by atoms with Gasteiger partial charge in [-0.25, -0.2) is 4.79 Å². The van der Waals surface area contributed by atoms with Gasteiger partial charge in [-0.1, -0.05) is 65.5 Å². The van der Waals surface area contributed by atoms with Gasteiger partial charge in [0.1, 0.15) is 19.3 Å². The first-order valence-electron chi connectivity index (χ1n) is 17.8. The molecule has 1 unspecified atom stereocenters. The van der Waals surface area contributed by atoms with Crippen molar-refractivity contribution in [2.75, 3.05) is 46.0 Å². The van der Waals surface area contributed by atoms with Crippen LogP contribution in [0.5, 0.6) is 0 Å². The van der Waals surface area contributed by atoms with E-state index in [1.807, 2.05) is 0 Å². The molecule has 8 nitrogen and oxygen atoms in total. The zero-order valence-electron chi connectivity index (χ0n) is 28.3. The third kappa shape index (κ3) is 8.19. The van der Waals surface area contributed by atoms with Crippen LogP contribution in [0.3, 0.4) is 0 Å². The molecule has 0 saturated heterocycles. The maximum atomic E-state index is 12.6. The molecule has 0 heterocycles. The van der Waals surface area contributed by atoms with Crippen molar-refractivity contribution in [3.63, 3.8) is 0 Å². The number of allylic oxidation sites excluding steroid dienone is 1. The Morgan fingerprint density at radius 1 is 1.00 bits per heavy atom. The lowest BCUT2D eigenvalue weighted by molar-refractivity contribution is -0.143. The molecule has 0 spiro atoms. The Labute approximate surface area is 266 Å². The number of nitrogens with one attached hydrogen (secondary N) is 1. The second-order valence-electron chi connectivity index (χ2n) is 15.4. The molecule has 0 aromatic heterocycles. The molecule has 252 valence electrons. The zero-order chi connectivity index (χ0) is 31.9. The van der Waals surface area contributed by atoms with E-state index in [0.717, 1.165) is 54.8 Å². The van der Waals surface area contributed by atoms with E-state index in [9.17, 15) is 9.59 Å². The van der Waals surface area contributed by atoms with Crippen LogP contribution in [0.4, 0.5) is 4.79 Å². The maximum Gasteiger partial charge on any atom is 0.407 e. The lowest BCUT2D eigenvalue weighted by atomic mass is 9.47. The number of hydrogen-bond donors (Lipinski definition) is 3. The Balaban J connectivity index is 1.25. The van der Waals surface area contributed by atoms with Gasteiger partial charge in [0, 0.05) is 26.1 Å². The third-order valence-corrected chi connectivity index (χ3v) is 12.4. The number of hydrogen-bond acceptors (Lipinski definition) is 7. The van der Waals surface area contributed by atoms with Gasteiger partial charge in [-0.15, -0.1) is 0 Å². The van der Waals surface area contributed by atoms with Gasteiger partial charge in [0.25, 0.3) is 0 Å². The fraction of sp³-hybridized carbons (Fsp3) is 0.889.